The number of sulfonamides is 1. The first kappa shape index (κ1) is 22.9. The highest BCUT2D eigenvalue weighted by molar-refractivity contribution is 7.89. The van der Waals surface area contributed by atoms with Crippen molar-refractivity contribution in [2.45, 2.75) is 69.9 Å². The van der Waals surface area contributed by atoms with Crippen molar-refractivity contribution in [3.63, 3.8) is 0 Å². The number of hydrogen-bond acceptors (Lipinski definition) is 5. The van der Waals surface area contributed by atoms with Crippen LogP contribution >= 0.6 is 0 Å². The third-order valence-corrected chi connectivity index (χ3v) is 8.79. The highest BCUT2D eigenvalue weighted by atomic mass is 32.2. The molecular weight excluding hydrogens is 428 g/mol. The Hall–Kier alpha value is -2.26. The normalized spacial score (nSPS) is 21.2. The fraction of sp³-hybridized carbons (Fsp3) is 0.609. The van der Waals surface area contributed by atoms with Crippen LogP contribution in [0.5, 0.6) is 0 Å². The average Bonchev–Trinajstić information content (AvgIpc) is 2.81. The van der Waals surface area contributed by atoms with Gasteiger partial charge in [-0.1, -0.05) is 13.8 Å². The van der Waals surface area contributed by atoms with Gasteiger partial charge in [-0.3, -0.25) is 14.2 Å². The highest BCUT2D eigenvalue weighted by Crippen LogP contribution is 2.25. The van der Waals surface area contributed by atoms with Gasteiger partial charge in [0.15, 0.2) is 0 Å². The second kappa shape index (κ2) is 9.31. The number of rotatable bonds is 5. The molecule has 32 heavy (non-hydrogen) atoms. The number of aromatic nitrogens is 2. The second-order valence-electron chi connectivity index (χ2n) is 9.09. The molecule has 2 fully saturated rings. The van der Waals surface area contributed by atoms with E-state index in [0.29, 0.717) is 31.1 Å². The predicted octanol–water partition coefficient (Wildman–Crippen LogP) is 2.61. The van der Waals surface area contributed by atoms with E-state index in [1.807, 2.05) is 4.90 Å². The molecule has 9 heteroatoms. The van der Waals surface area contributed by atoms with Crippen molar-refractivity contribution >= 4 is 26.8 Å². The molecule has 0 unspecified atom stereocenters. The summed E-state index contributed by atoms with van der Waals surface area (Å²) in [4.78, 5) is 32.3. The lowest BCUT2D eigenvalue weighted by atomic mass is 10.00. The fourth-order valence-electron chi connectivity index (χ4n) is 4.78. The van der Waals surface area contributed by atoms with Gasteiger partial charge in [-0.15, -0.1) is 0 Å². The minimum absolute atomic E-state index is 0.0841. The minimum Gasteiger partial charge on any atom is -0.338 e. The first-order chi connectivity index (χ1) is 15.3. The molecule has 1 aromatic heterocycles. The summed E-state index contributed by atoms with van der Waals surface area (Å²) < 4.78 is 29.0. The van der Waals surface area contributed by atoms with E-state index in [4.69, 9.17) is 0 Å². The number of amides is 1. The Balaban J connectivity index is 1.62. The first-order valence-corrected chi connectivity index (χ1v) is 13.0. The molecule has 2 aromatic rings. The number of hydrogen-bond donors (Lipinski definition) is 0. The molecule has 1 atom stereocenters. The van der Waals surface area contributed by atoms with Gasteiger partial charge >= 0.3 is 0 Å². The van der Waals surface area contributed by atoms with Crippen molar-refractivity contribution < 1.29 is 13.2 Å². The molecule has 174 valence electrons. The summed E-state index contributed by atoms with van der Waals surface area (Å²) in [6, 6.07) is 4.70. The zero-order valence-corrected chi connectivity index (χ0v) is 19.7. The monoisotopic (exact) mass is 460 g/mol. The standard InChI is InChI=1S/C23H32N4O4S/c1-3-18-6-4-5-11-27(18)22(28)15-25-16-24-21-8-7-19(14-20(21)23(25)29)32(30,31)26-12-9-17(2)10-13-26/h7-8,14,16-18H,3-6,9-13,15H2,1-2H3/t18-/m1/s1. The van der Waals surface area contributed by atoms with Gasteiger partial charge in [-0.05, 0) is 62.6 Å². The molecule has 0 saturated carbocycles. The Morgan fingerprint density at radius 1 is 1.12 bits per heavy atom. The molecule has 4 rings (SSSR count). The van der Waals surface area contributed by atoms with Crippen molar-refractivity contribution in [3.05, 3.63) is 34.9 Å². The van der Waals surface area contributed by atoms with Gasteiger partial charge in [-0.2, -0.15) is 4.31 Å². The maximum Gasteiger partial charge on any atom is 0.261 e. The molecule has 2 aliphatic rings. The van der Waals surface area contributed by atoms with Gasteiger partial charge in [0.1, 0.15) is 6.54 Å². The number of benzene rings is 1. The van der Waals surface area contributed by atoms with Crippen LogP contribution in [0.1, 0.15) is 52.4 Å². The van der Waals surface area contributed by atoms with Crippen molar-refractivity contribution in [2.75, 3.05) is 19.6 Å². The minimum atomic E-state index is -3.68. The predicted molar refractivity (Wildman–Crippen MR) is 123 cm³/mol. The van der Waals surface area contributed by atoms with Crippen LogP contribution in [0.15, 0.2) is 34.2 Å². The number of fused-ring (bicyclic) bond motifs is 1. The van der Waals surface area contributed by atoms with Gasteiger partial charge in [0.25, 0.3) is 5.56 Å². The summed E-state index contributed by atoms with van der Waals surface area (Å²) >= 11 is 0. The van der Waals surface area contributed by atoms with Gasteiger partial charge in [0.05, 0.1) is 22.1 Å². The molecule has 2 aliphatic heterocycles. The number of nitrogens with zero attached hydrogens (tertiary/aromatic N) is 4. The van der Waals surface area contributed by atoms with Gasteiger partial charge in [0.2, 0.25) is 15.9 Å². The Morgan fingerprint density at radius 3 is 2.59 bits per heavy atom. The maximum atomic E-state index is 13.1. The Bertz CT molecular complexity index is 1150. The smallest absolute Gasteiger partial charge is 0.261 e. The Kier molecular flexibility index (Phi) is 6.67. The molecule has 0 radical (unpaired) electrons. The Morgan fingerprint density at radius 2 is 1.88 bits per heavy atom. The van der Waals surface area contributed by atoms with E-state index in [1.165, 1.54) is 27.3 Å². The lowest BCUT2D eigenvalue weighted by molar-refractivity contribution is -0.135. The average molecular weight is 461 g/mol. The van der Waals surface area contributed by atoms with E-state index in [9.17, 15) is 18.0 Å². The van der Waals surface area contributed by atoms with Crippen LogP contribution in [-0.4, -0.2) is 58.8 Å². The van der Waals surface area contributed by atoms with Crippen LogP contribution in [0.2, 0.25) is 0 Å². The van der Waals surface area contributed by atoms with E-state index in [1.54, 1.807) is 6.07 Å². The quantitative estimate of drug-likeness (QED) is 0.684. The van der Waals surface area contributed by atoms with Crippen molar-refractivity contribution in [2.24, 2.45) is 5.92 Å². The van der Waals surface area contributed by atoms with E-state index in [-0.39, 0.29) is 28.8 Å². The maximum absolute atomic E-state index is 13.1. The molecule has 3 heterocycles. The van der Waals surface area contributed by atoms with E-state index in [2.05, 4.69) is 18.8 Å². The van der Waals surface area contributed by atoms with Gasteiger partial charge in [-0.25, -0.2) is 13.4 Å². The Labute approximate surface area is 189 Å². The molecule has 0 bridgehead atoms. The lowest BCUT2D eigenvalue weighted by Crippen LogP contribution is -2.45. The fourth-order valence-corrected chi connectivity index (χ4v) is 6.27. The number of piperidine rings is 2. The number of likely N-dealkylation sites (tertiary alicyclic amines) is 1. The summed E-state index contributed by atoms with van der Waals surface area (Å²) in [5.74, 6) is 0.421. The largest absolute Gasteiger partial charge is 0.338 e. The molecule has 0 aliphatic carbocycles. The van der Waals surface area contributed by atoms with Crippen LogP contribution in [-0.2, 0) is 21.4 Å². The van der Waals surface area contributed by atoms with E-state index < -0.39 is 15.6 Å². The van der Waals surface area contributed by atoms with E-state index in [0.717, 1.165) is 38.5 Å². The lowest BCUT2D eigenvalue weighted by Gasteiger charge is -2.35. The van der Waals surface area contributed by atoms with Crippen LogP contribution in [0, 0.1) is 5.92 Å². The van der Waals surface area contributed by atoms with Crippen molar-refractivity contribution in [1.29, 1.82) is 0 Å². The summed E-state index contributed by atoms with van der Waals surface area (Å²) in [5.41, 5.74) is 0.0343. The van der Waals surface area contributed by atoms with Crippen LogP contribution in [0.25, 0.3) is 10.9 Å². The molecule has 2 saturated heterocycles. The summed E-state index contributed by atoms with van der Waals surface area (Å²) in [5, 5.41) is 0.220. The van der Waals surface area contributed by atoms with Crippen molar-refractivity contribution in [1.82, 2.24) is 18.8 Å². The molecule has 0 N–H and O–H groups in total. The summed E-state index contributed by atoms with van der Waals surface area (Å²) in [6.45, 7) is 5.81. The van der Waals surface area contributed by atoms with Crippen molar-refractivity contribution in [3.8, 4) is 0 Å². The first-order valence-electron chi connectivity index (χ1n) is 11.6. The van der Waals surface area contributed by atoms with Gasteiger partial charge < -0.3 is 4.90 Å². The third-order valence-electron chi connectivity index (χ3n) is 6.90. The highest BCUT2D eigenvalue weighted by Gasteiger charge is 2.29. The summed E-state index contributed by atoms with van der Waals surface area (Å²) in [6.07, 6.45) is 7.03. The molecule has 1 aromatic carbocycles. The van der Waals surface area contributed by atoms with Crippen LogP contribution in [0.4, 0.5) is 0 Å². The van der Waals surface area contributed by atoms with Crippen LogP contribution in [0.3, 0.4) is 0 Å². The zero-order valence-electron chi connectivity index (χ0n) is 18.9. The van der Waals surface area contributed by atoms with E-state index >= 15 is 0 Å². The molecule has 1 amide bonds. The number of carbonyl (C=O) groups excluding carboxylic acids is 1. The molecule has 0 spiro atoms. The molecule has 8 nitrogen and oxygen atoms in total. The third kappa shape index (κ3) is 4.45. The topological polar surface area (TPSA) is 92.6 Å². The van der Waals surface area contributed by atoms with Gasteiger partial charge in [0, 0.05) is 25.7 Å². The SMILES string of the molecule is CC[C@@H]1CCCCN1C(=O)Cn1cnc2ccc(S(=O)(=O)N3CCC(C)CC3)cc2c1=O. The molecular formula is C23H32N4O4S. The summed E-state index contributed by atoms with van der Waals surface area (Å²) in [7, 11) is -3.68. The second-order valence-corrected chi connectivity index (χ2v) is 11.0. The number of carbonyl (C=O) groups is 1. The zero-order chi connectivity index (χ0) is 22.9. The van der Waals surface area contributed by atoms with Crippen LogP contribution < -0.4 is 5.56 Å².